The number of aliphatic hydroxyl groups is 1. The maximum Gasteiger partial charge on any atom is 0.0767 e. The number of nitrogens with zero attached hydrogens (tertiary/aromatic N) is 2. The average Bonchev–Trinajstić information content (AvgIpc) is 2.39. The summed E-state index contributed by atoms with van der Waals surface area (Å²) in [4.78, 5) is 0. The molecule has 16 heavy (non-hydrogen) atoms. The number of hydrogen-bond donors (Lipinski definition) is 2. The van der Waals surface area contributed by atoms with Crippen LogP contribution in [0.1, 0.15) is 39.0 Å². The maximum atomic E-state index is 10.0. The highest BCUT2D eigenvalue weighted by atomic mass is 16.3. The minimum absolute atomic E-state index is 0.338. The van der Waals surface area contributed by atoms with E-state index in [0.717, 1.165) is 12.2 Å². The molecule has 1 rings (SSSR count). The van der Waals surface area contributed by atoms with E-state index >= 15 is 0 Å². The van der Waals surface area contributed by atoms with Gasteiger partial charge in [0.1, 0.15) is 0 Å². The lowest BCUT2D eigenvalue weighted by Gasteiger charge is -2.38. The molecule has 0 amide bonds. The van der Waals surface area contributed by atoms with E-state index in [-0.39, 0.29) is 5.54 Å². The largest absolute Gasteiger partial charge is 0.389 e. The zero-order chi connectivity index (χ0) is 12.6. The predicted octanol–water partition coefficient (Wildman–Crippen LogP) is 1.37. The van der Waals surface area contributed by atoms with Crippen molar-refractivity contribution in [3.05, 3.63) is 17.5 Å². The maximum absolute atomic E-state index is 10.0. The Bertz CT molecular complexity index is 361. The van der Waals surface area contributed by atoms with Crippen molar-refractivity contribution < 1.29 is 5.11 Å². The van der Waals surface area contributed by atoms with Crippen LogP contribution in [0.3, 0.4) is 0 Å². The first kappa shape index (κ1) is 13.2. The van der Waals surface area contributed by atoms with Gasteiger partial charge in [-0.15, -0.1) is 0 Å². The number of rotatable bonds is 4. The van der Waals surface area contributed by atoms with E-state index < -0.39 is 5.60 Å². The van der Waals surface area contributed by atoms with Crippen molar-refractivity contribution in [2.24, 2.45) is 7.05 Å². The Kier molecular flexibility index (Phi) is 3.45. The Hall–Kier alpha value is -0.870. The first-order valence-electron chi connectivity index (χ1n) is 5.60. The number of hydrogen-bond acceptors (Lipinski definition) is 3. The molecule has 0 aliphatic rings. The Morgan fingerprint density at radius 3 is 2.31 bits per heavy atom. The smallest absolute Gasteiger partial charge is 0.0767 e. The zero-order valence-corrected chi connectivity index (χ0v) is 11.1. The summed E-state index contributed by atoms with van der Waals surface area (Å²) in [5.74, 6) is 0. The molecule has 0 aliphatic heterocycles. The molecule has 0 unspecified atom stereocenters. The van der Waals surface area contributed by atoms with E-state index in [4.69, 9.17) is 0 Å². The van der Waals surface area contributed by atoms with E-state index in [1.807, 2.05) is 52.5 Å². The van der Waals surface area contributed by atoms with Crippen LogP contribution in [0.25, 0.3) is 0 Å². The van der Waals surface area contributed by atoms with Gasteiger partial charge in [0.2, 0.25) is 0 Å². The monoisotopic (exact) mass is 225 g/mol. The summed E-state index contributed by atoms with van der Waals surface area (Å²) in [6.45, 7) is 10.3. The van der Waals surface area contributed by atoms with Gasteiger partial charge in [-0.1, -0.05) is 0 Å². The molecule has 2 N–H and O–H groups in total. The van der Waals surface area contributed by atoms with Crippen LogP contribution < -0.4 is 5.32 Å². The van der Waals surface area contributed by atoms with Gasteiger partial charge in [-0.2, -0.15) is 5.10 Å². The third-order valence-corrected chi connectivity index (χ3v) is 3.37. The van der Waals surface area contributed by atoms with Gasteiger partial charge < -0.3 is 10.4 Å². The summed E-state index contributed by atoms with van der Waals surface area (Å²) >= 11 is 0. The molecule has 1 aromatic rings. The summed E-state index contributed by atoms with van der Waals surface area (Å²) in [5, 5.41) is 17.7. The molecule has 92 valence electrons. The topological polar surface area (TPSA) is 50.1 Å². The van der Waals surface area contributed by atoms with Crippen molar-refractivity contribution >= 4 is 0 Å². The number of aryl methyl sites for hydroxylation is 2. The molecule has 0 spiro atoms. The van der Waals surface area contributed by atoms with Gasteiger partial charge in [-0.3, -0.25) is 4.68 Å². The van der Waals surface area contributed by atoms with Gasteiger partial charge in [0.15, 0.2) is 0 Å². The van der Waals surface area contributed by atoms with E-state index in [1.54, 1.807) is 0 Å². The van der Waals surface area contributed by atoms with Gasteiger partial charge >= 0.3 is 0 Å². The highest BCUT2D eigenvalue weighted by Gasteiger charge is 2.34. The SMILES string of the molecule is Cc1nn(C)cc1CNC(C)(C)C(C)(C)O. The quantitative estimate of drug-likeness (QED) is 0.813. The van der Waals surface area contributed by atoms with Crippen molar-refractivity contribution in [1.82, 2.24) is 15.1 Å². The zero-order valence-electron chi connectivity index (χ0n) is 11.1. The van der Waals surface area contributed by atoms with Gasteiger partial charge in [0.25, 0.3) is 0 Å². The summed E-state index contributed by atoms with van der Waals surface area (Å²) in [6, 6.07) is 0. The van der Waals surface area contributed by atoms with Crippen molar-refractivity contribution in [2.75, 3.05) is 0 Å². The van der Waals surface area contributed by atoms with Crippen LogP contribution in [0.2, 0.25) is 0 Å². The minimum Gasteiger partial charge on any atom is -0.389 e. The second-order valence-corrected chi connectivity index (χ2v) is 5.45. The molecule has 4 nitrogen and oxygen atoms in total. The summed E-state index contributed by atoms with van der Waals surface area (Å²) in [5.41, 5.74) is 1.10. The van der Waals surface area contributed by atoms with Crippen molar-refractivity contribution in [3.8, 4) is 0 Å². The van der Waals surface area contributed by atoms with Gasteiger partial charge in [0.05, 0.1) is 11.3 Å². The molecule has 0 atom stereocenters. The van der Waals surface area contributed by atoms with Gasteiger partial charge in [-0.05, 0) is 34.6 Å². The standard InChI is InChI=1S/C12H23N3O/c1-9-10(8-15(6)14-9)7-13-11(2,3)12(4,5)16/h8,13,16H,7H2,1-6H3. The molecular weight excluding hydrogens is 202 g/mol. The Morgan fingerprint density at radius 2 is 1.94 bits per heavy atom. The van der Waals surface area contributed by atoms with Crippen LogP contribution in [0, 0.1) is 6.92 Å². The second-order valence-electron chi connectivity index (χ2n) is 5.45. The third-order valence-electron chi connectivity index (χ3n) is 3.37. The lowest BCUT2D eigenvalue weighted by Crippen LogP contribution is -2.55. The molecule has 1 aromatic heterocycles. The Morgan fingerprint density at radius 1 is 1.38 bits per heavy atom. The fourth-order valence-corrected chi connectivity index (χ4v) is 1.35. The van der Waals surface area contributed by atoms with Crippen LogP contribution >= 0.6 is 0 Å². The highest BCUT2D eigenvalue weighted by Crippen LogP contribution is 2.21. The summed E-state index contributed by atoms with van der Waals surface area (Å²) < 4.78 is 1.81. The fourth-order valence-electron chi connectivity index (χ4n) is 1.35. The summed E-state index contributed by atoms with van der Waals surface area (Å²) in [6.07, 6.45) is 2.00. The number of nitrogens with one attached hydrogen (secondary N) is 1. The van der Waals surface area contributed by atoms with Crippen LogP contribution in [0.5, 0.6) is 0 Å². The molecular formula is C12H23N3O. The molecule has 1 heterocycles. The molecule has 0 aliphatic carbocycles. The van der Waals surface area contributed by atoms with Crippen LogP contribution in [0.15, 0.2) is 6.20 Å². The summed E-state index contributed by atoms with van der Waals surface area (Å²) in [7, 11) is 1.91. The fraction of sp³-hybridized carbons (Fsp3) is 0.750. The van der Waals surface area contributed by atoms with Crippen LogP contribution in [-0.2, 0) is 13.6 Å². The highest BCUT2D eigenvalue weighted by molar-refractivity contribution is 5.15. The Balaban J connectivity index is 2.68. The lowest BCUT2D eigenvalue weighted by atomic mass is 9.86. The molecule has 0 saturated heterocycles. The third kappa shape index (κ3) is 2.83. The number of aromatic nitrogens is 2. The van der Waals surface area contributed by atoms with E-state index in [2.05, 4.69) is 10.4 Å². The first-order chi connectivity index (χ1) is 7.13. The molecule has 0 bridgehead atoms. The lowest BCUT2D eigenvalue weighted by molar-refractivity contribution is -0.00534. The van der Waals surface area contributed by atoms with E-state index in [0.29, 0.717) is 0 Å². The van der Waals surface area contributed by atoms with Crippen LogP contribution in [0.4, 0.5) is 0 Å². The second kappa shape index (κ2) is 4.18. The van der Waals surface area contributed by atoms with Gasteiger partial charge in [0, 0.05) is 30.9 Å². The average molecular weight is 225 g/mol. The van der Waals surface area contributed by atoms with E-state index in [1.165, 1.54) is 5.56 Å². The molecule has 0 fully saturated rings. The molecule has 0 aromatic carbocycles. The molecule has 0 radical (unpaired) electrons. The van der Waals surface area contributed by atoms with Crippen molar-refractivity contribution in [2.45, 2.75) is 52.3 Å². The van der Waals surface area contributed by atoms with Crippen molar-refractivity contribution in [1.29, 1.82) is 0 Å². The first-order valence-corrected chi connectivity index (χ1v) is 5.60. The Labute approximate surface area is 97.7 Å². The predicted molar refractivity (Wildman–Crippen MR) is 65.2 cm³/mol. The normalized spacial score (nSPS) is 13.2. The van der Waals surface area contributed by atoms with Crippen LogP contribution in [-0.4, -0.2) is 26.0 Å². The minimum atomic E-state index is -0.761. The molecule has 4 heteroatoms. The molecule has 0 saturated carbocycles. The van der Waals surface area contributed by atoms with Gasteiger partial charge in [-0.25, -0.2) is 0 Å². The van der Waals surface area contributed by atoms with E-state index in [9.17, 15) is 5.11 Å². The van der Waals surface area contributed by atoms with Crippen molar-refractivity contribution in [3.63, 3.8) is 0 Å².